The minimum Gasteiger partial charge on any atom is -0.467 e. The third-order valence-electron chi connectivity index (χ3n) is 4.59. The van der Waals surface area contributed by atoms with Gasteiger partial charge in [0.15, 0.2) is 0 Å². The maximum absolute atomic E-state index is 13.2. The maximum Gasteiger partial charge on any atom is 0.328 e. The average molecular weight is 402 g/mol. The van der Waals surface area contributed by atoms with Crippen LogP contribution in [-0.2, 0) is 14.3 Å². The first-order valence-electron chi connectivity index (χ1n) is 8.54. The molecule has 6 nitrogen and oxygen atoms in total. The Hall–Kier alpha value is -2.87. The van der Waals surface area contributed by atoms with Crippen LogP contribution in [0.5, 0.6) is 0 Å². The summed E-state index contributed by atoms with van der Waals surface area (Å²) in [5, 5.41) is -0.513. The SMILES string of the molecule is COC(=O)[C@H](C)N1C(=O)S/C(=C/c2cc(C)n(-c3ccc(F)cc3)c2C)C1=O. The predicted molar refractivity (Wildman–Crippen MR) is 104 cm³/mol. The van der Waals surface area contributed by atoms with Gasteiger partial charge in [-0.3, -0.25) is 14.5 Å². The number of aryl methyl sites for hydroxylation is 1. The van der Waals surface area contributed by atoms with Crippen molar-refractivity contribution in [2.45, 2.75) is 26.8 Å². The molecule has 1 aromatic carbocycles. The van der Waals surface area contributed by atoms with Crippen molar-refractivity contribution in [2.75, 3.05) is 7.11 Å². The van der Waals surface area contributed by atoms with E-state index in [1.165, 1.54) is 26.2 Å². The van der Waals surface area contributed by atoms with Gasteiger partial charge in [-0.2, -0.15) is 0 Å². The fraction of sp³-hybridized carbons (Fsp3) is 0.250. The largest absolute Gasteiger partial charge is 0.467 e. The lowest BCUT2D eigenvalue weighted by atomic mass is 10.2. The van der Waals surface area contributed by atoms with Crippen LogP contribution in [0, 0.1) is 19.7 Å². The smallest absolute Gasteiger partial charge is 0.328 e. The highest BCUT2D eigenvalue weighted by molar-refractivity contribution is 8.18. The van der Waals surface area contributed by atoms with Crippen LogP contribution in [0.25, 0.3) is 11.8 Å². The Bertz CT molecular complexity index is 994. The number of amides is 2. The van der Waals surface area contributed by atoms with E-state index >= 15 is 0 Å². The van der Waals surface area contributed by atoms with Crippen molar-refractivity contribution in [3.05, 3.63) is 58.0 Å². The van der Waals surface area contributed by atoms with Gasteiger partial charge in [-0.25, -0.2) is 9.18 Å². The highest BCUT2D eigenvalue weighted by atomic mass is 32.2. The van der Waals surface area contributed by atoms with E-state index in [0.29, 0.717) is 0 Å². The third kappa shape index (κ3) is 3.47. The van der Waals surface area contributed by atoms with Gasteiger partial charge in [0, 0.05) is 17.1 Å². The molecule has 1 aliphatic rings. The molecule has 0 saturated carbocycles. The van der Waals surface area contributed by atoms with Crippen LogP contribution in [0.2, 0.25) is 0 Å². The molecular weight excluding hydrogens is 383 g/mol. The summed E-state index contributed by atoms with van der Waals surface area (Å²) in [5.41, 5.74) is 3.30. The molecule has 0 unspecified atom stereocenters. The molecule has 8 heteroatoms. The van der Waals surface area contributed by atoms with Gasteiger partial charge in [-0.05, 0) is 74.5 Å². The van der Waals surface area contributed by atoms with Gasteiger partial charge in [0.1, 0.15) is 11.9 Å². The summed E-state index contributed by atoms with van der Waals surface area (Å²) < 4.78 is 19.8. The zero-order valence-corrected chi connectivity index (χ0v) is 16.7. The van der Waals surface area contributed by atoms with Crippen LogP contribution in [0.3, 0.4) is 0 Å². The van der Waals surface area contributed by atoms with Crippen molar-refractivity contribution in [2.24, 2.45) is 0 Å². The summed E-state index contributed by atoms with van der Waals surface area (Å²) in [6.45, 7) is 5.23. The van der Waals surface area contributed by atoms with Gasteiger partial charge in [-0.15, -0.1) is 0 Å². The highest BCUT2D eigenvalue weighted by Gasteiger charge is 2.41. The molecule has 3 rings (SSSR count). The zero-order valence-electron chi connectivity index (χ0n) is 15.9. The molecule has 0 N–H and O–H groups in total. The number of aromatic nitrogens is 1. The number of carbonyl (C=O) groups excluding carboxylic acids is 3. The summed E-state index contributed by atoms with van der Waals surface area (Å²) in [6.07, 6.45) is 1.64. The number of methoxy groups -OCH3 is 1. The lowest BCUT2D eigenvalue weighted by Gasteiger charge is -2.18. The van der Waals surface area contributed by atoms with E-state index in [-0.39, 0.29) is 10.7 Å². The van der Waals surface area contributed by atoms with E-state index in [2.05, 4.69) is 4.74 Å². The van der Waals surface area contributed by atoms with E-state index in [4.69, 9.17) is 0 Å². The Morgan fingerprint density at radius 2 is 1.86 bits per heavy atom. The lowest BCUT2D eigenvalue weighted by Crippen LogP contribution is -2.42. The maximum atomic E-state index is 13.2. The summed E-state index contributed by atoms with van der Waals surface area (Å²) in [5.74, 6) is -1.50. The van der Waals surface area contributed by atoms with E-state index in [9.17, 15) is 18.8 Å². The van der Waals surface area contributed by atoms with Gasteiger partial charge < -0.3 is 9.30 Å². The fourth-order valence-electron chi connectivity index (χ4n) is 3.15. The van der Waals surface area contributed by atoms with Crippen LogP contribution >= 0.6 is 11.8 Å². The number of thioether (sulfide) groups is 1. The monoisotopic (exact) mass is 402 g/mol. The Morgan fingerprint density at radius 3 is 2.46 bits per heavy atom. The molecule has 1 atom stereocenters. The number of esters is 1. The molecule has 1 fully saturated rings. The molecule has 0 bridgehead atoms. The van der Waals surface area contributed by atoms with Crippen LogP contribution in [0.15, 0.2) is 35.2 Å². The molecule has 1 aromatic heterocycles. The number of hydrogen-bond donors (Lipinski definition) is 0. The second-order valence-electron chi connectivity index (χ2n) is 6.39. The number of benzene rings is 1. The minimum atomic E-state index is -0.991. The van der Waals surface area contributed by atoms with Crippen LogP contribution in [-0.4, -0.2) is 39.7 Å². The number of carbonyl (C=O) groups is 3. The molecule has 2 amide bonds. The van der Waals surface area contributed by atoms with Gasteiger partial charge in [0.05, 0.1) is 12.0 Å². The Balaban J connectivity index is 1.95. The molecular formula is C20H19FN2O4S. The average Bonchev–Trinajstić information content (AvgIpc) is 3.10. The van der Waals surface area contributed by atoms with E-state index in [0.717, 1.165) is 39.3 Å². The van der Waals surface area contributed by atoms with Crippen molar-refractivity contribution in [1.29, 1.82) is 0 Å². The normalized spacial score (nSPS) is 16.8. The third-order valence-corrected chi connectivity index (χ3v) is 5.48. The summed E-state index contributed by atoms with van der Waals surface area (Å²) in [6, 6.07) is 7.00. The molecule has 28 heavy (non-hydrogen) atoms. The molecule has 146 valence electrons. The molecule has 0 radical (unpaired) electrons. The molecule has 2 aromatic rings. The van der Waals surface area contributed by atoms with Crippen LogP contribution in [0.1, 0.15) is 23.9 Å². The Morgan fingerprint density at radius 1 is 1.21 bits per heavy atom. The van der Waals surface area contributed by atoms with Gasteiger partial charge in [0.2, 0.25) is 0 Å². The highest BCUT2D eigenvalue weighted by Crippen LogP contribution is 2.35. The van der Waals surface area contributed by atoms with E-state index in [1.54, 1.807) is 18.2 Å². The fourth-order valence-corrected chi connectivity index (χ4v) is 4.05. The lowest BCUT2D eigenvalue weighted by molar-refractivity contribution is -0.148. The summed E-state index contributed by atoms with van der Waals surface area (Å²) in [7, 11) is 1.21. The molecule has 0 aliphatic carbocycles. The zero-order chi connectivity index (χ0) is 20.6. The molecule has 0 spiro atoms. The van der Waals surface area contributed by atoms with Crippen LogP contribution in [0.4, 0.5) is 9.18 Å². The van der Waals surface area contributed by atoms with Gasteiger partial charge in [0.25, 0.3) is 11.1 Å². The van der Waals surface area contributed by atoms with Gasteiger partial charge in [-0.1, -0.05) is 0 Å². The first-order valence-corrected chi connectivity index (χ1v) is 9.36. The van der Waals surface area contributed by atoms with Gasteiger partial charge >= 0.3 is 5.97 Å². The second kappa shape index (κ2) is 7.63. The number of hydrogen-bond acceptors (Lipinski definition) is 5. The first kappa shape index (κ1) is 19.9. The minimum absolute atomic E-state index is 0.236. The number of nitrogens with zero attached hydrogens (tertiary/aromatic N) is 2. The summed E-state index contributed by atoms with van der Waals surface area (Å²) >= 11 is 0.786. The molecule has 1 aliphatic heterocycles. The number of imide groups is 1. The standard InChI is InChI=1S/C20H19FN2O4S/c1-11-9-14(12(2)22(11)16-7-5-15(21)6-8-16)10-17-18(24)23(20(26)28-17)13(3)19(25)27-4/h5-10,13H,1-4H3/b17-10+/t13-/m0/s1. The quantitative estimate of drug-likeness (QED) is 0.574. The van der Waals surface area contributed by atoms with Crippen LogP contribution < -0.4 is 0 Å². The second-order valence-corrected chi connectivity index (χ2v) is 7.38. The van der Waals surface area contributed by atoms with Crippen molar-refractivity contribution >= 4 is 35.0 Å². The van der Waals surface area contributed by atoms with Crippen molar-refractivity contribution in [3.8, 4) is 5.69 Å². The Labute approximate surface area is 166 Å². The van der Waals surface area contributed by atoms with E-state index in [1.807, 2.05) is 24.5 Å². The van der Waals surface area contributed by atoms with Crippen molar-refractivity contribution in [1.82, 2.24) is 9.47 Å². The Kier molecular flexibility index (Phi) is 5.42. The van der Waals surface area contributed by atoms with E-state index < -0.39 is 23.2 Å². The molecule has 2 heterocycles. The number of rotatable bonds is 4. The molecule has 1 saturated heterocycles. The number of ether oxygens (including phenoxy) is 1. The van der Waals surface area contributed by atoms with Crippen molar-refractivity contribution in [3.63, 3.8) is 0 Å². The first-order chi connectivity index (χ1) is 13.2. The topological polar surface area (TPSA) is 68.6 Å². The number of halogens is 1. The predicted octanol–water partition coefficient (Wildman–Crippen LogP) is 3.83. The van der Waals surface area contributed by atoms with Crippen molar-refractivity contribution < 1.29 is 23.5 Å². The summed E-state index contributed by atoms with van der Waals surface area (Å²) in [4.78, 5) is 37.7.